The number of alkyl halides is 2. The molecule has 1 aliphatic carbocycles. The second kappa shape index (κ2) is 8.17. The zero-order valence-corrected chi connectivity index (χ0v) is 17.1. The van der Waals surface area contributed by atoms with Crippen LogP contribution in [0.2, 0.25) is 0 Å². The van der Waals surface area contributed by atoms with E-state index in [9.17, 15) is 18.0 Å². The molecule has 1 aliphatic rings. The molecule has 1 N–H and O–H groups in total. The summed E-state index contributed by atoms with van der Waals surface area (Å²) in [5.74, 6) is -0.402. The lowest BCUT2D eigenvalue weighted by atomic mass is 9.90. The molecule has 1 unspecified atom stereocenters. The molecule has 0 saturated heterocycles. The van der Waals surface area contributed by atoms with Gasteiger partial charge in [-0.25, -0.2) is 13.2 Å². The zero-order chi connectivity index (χ0) is 21.4. The van der Waals surface area contributed by atoms with Crippen LogP contribution < -0.4 is 5.32 Å². The number of aromatic nitrogens is 1. The van der Waals surface area contributed by atoms with Gasteiger partial charge in [0.15, 0.2) is 0 Å². The van der Waals surface area contributed by atoms with Crippen molar-refractivity contribution in [2.75, 3.05) is 0 Å². The second-order valence-electron chi connectivity index (χ2n) is 8.32. The van der Waals surface area contributed by atoms with Gasteiger partial charge in [-0.1, -0.05) is 32.0 Å². The topological polar surface area (TPSA) is 34.0 Å². The number of hydrogen-bond acceptors (Lipinski definition) is 1. The van der Waals surface area contributed by atoms with Gasteiger partial charge in [0.25, 0.3) is 6.43 Å². The molecule has 3 aromatic rings. The van der Waals surface area contributed by atoms with Crippen molar-refractivity contribution in [3.8, 4) is 0 Å². The third-order valence-corrected chi connectivity index (χ3v) is 5.84. The Labute approximate surface area is 173 Å². The Morgan fingerprint density at radius 2 is 2.00 bits per heavy atom. The summed E-state index contributed by atoms with van der Waals surface area (Å²) >= 11 is 0. The Balaban J connectivity index is 1.77. The maximum absolute atomic E-state index is 13.7. The second-order valence-corrected chi connectivity index (χ2v) is 8.32. The summed E-state index contributed by atoms with van der Waals surface area (Å²) in [7, 11) is 0. The molecule has 3 nitrogen and oxygen atoms in total. The van der Waals surface area contributed by atoms with Crippen LogP contribution in [0.15, 0.2) is 42.5 Å². The van der Waals surface area contributed by atoms with Gasteiger partial charge in [-0.3, -0.25) is 4.79 Å². The molecule has 0 bridgehead atoms. The first-order chi connectivity index (χ1) is 14.3. The van der Waals surface area contributed by atoms with Crippen LogP contribution in [0, 0.1) is 11.7 Å². The van der Waals surface area contributed by atoms with Crippen molar-refractivity contribution in [1.82, 2.24) is 9.88 Å². The molecule has 0 spiro atoms. The fraction of sp³-hybridized carbons (Fsp3) is 0.375. The van der Waals surface area contributed by atoms with Crippen molar-refractivity contribution in [2.45, 2.75) is 52.1 Å². The number of fused-ring (bicyclic) bond motifs is 3. The first-order valence-corrected chi connectivity index (χ1v) is 10.3. The first-order valence-electron chi connectivity index (χ1n) is 10.3. The van der Waals surface area contributed by atoms with Gasteiger partial charge in [0.2, 0.25) is 5.91 Å². The van der Waals surface area contributed by atoms with Crippen molar-refractivity contribution >= 4 is 16.8 Å². The normalized spacial score (nSPS) is 16.3. The lowest BCUT2D eigenvalue weighted by molar-refractivity contribution is -0.124. The summed E-state index contributed by atoms with van der Waals surface area (Å²) in [5.41, 5.74) is 3.76. The molecule has 0 radical (unpaired) electrons. The third kappa shape index (κ3) is 3.95. The van der Waals surface area contributed by atoms with Gasteiger partial charge in [0, 0.05) is 40.7 Å². The van der Waals surface area contributed by atoms with Gasteiger partial charge in [-0.15, -0.1) is 0 Å². The van der Waals surface area contributed by atoms with Crippen molar-refractivity contribution in [1.29, 1.82) is 0 Å². The molecule has 0 saturated carbocycles. The maximum atomic E-state index is 13.7. The molecule has 4 rings (SSSR count). The highest BCUT2D eigenvalue weighted by Crippen LogP contribution is 2.35. The minimum Gasteiger partial charge on any atom is -0.353 e. The van der Waals surface area contributed by atoms with E-state index in [4.69, 9.17) is 0 Å². The van der Waals surface area contributed by atoms with E-state index in [1.165, 1.54) is 18.2 Å². The van der Waals surface area contributed by atoms with E-state index < -0.39 is 6.43 Å². The number of halogens is 3. The SMILES string of the molecule is CC(C)C(=O)NC1CCc2c(c3cc(C(F)F)ccc3n2Cc2cccc(F)c2)C1. The molecule has 0 fully saturated rings. The first kappa shape index (κ1) is 20.5. The molecule has 0 aliphatic heterocycles. The molecule has 1 heterocycles. The number of amides is 1. The number of carbonyl (C=O) groups is 1. The van der Waals surface area contributed by atoms with Crippen LogP contribution in [-0.2, 0) is 24.2 Å². The smallest absolute Gasteiger partial charge is 0.263 e. The number of nitrogens with zero attached hydrogens (tertiary/aromatic N) is 1. The van der Waals surface area contributed by atoms with E-state index in [2.05, 4.69) is 9.88 Å². The minimum absolute atomic E-state index is 0.000202. The summed E-state index contributed by atoms with van der Waals surface area (Å²) in [6, 6.07) is 11.2. The highest BCUT2D eigenvalue weighted by atomic mass is 19.3. The summed E-state index contributed by atoms with van der Waals surface area (Å²) in [5, 5.41) is 3.88. The molecule has 1 aromatic heterocycles. The van der Waals surface area contributed by atoms with E-state index >= 15 is 0 Å². The standard InChI is InChI=1S/C24H25F3N2O/c1-14(2)24(30)28-18-7-9-22-20(12-18)19-11-16(23(26)27)6-8-21(19)29(22)13-15-4-3-5-17(25)10-15/h3-6,8,10-11,14,18,23H,7,9,12-13H2,1-2H3,(H,28,30). The largest absolute Gasteiger partial charge is 0.353 e. The van der Waals surface area contributed by atoms with E-state index in [0.29, 0.717) is 13.0 Å². The lowest BCUT2D eigenvalue weighted by Crippen LogP contribution is -2.41. The zero-order valence-electron chi connectivity index (χ0n) is 17.1. The minimum atomic E-state index is -2.54. The Bertz CT molecular complexity index is 1090. The van der Waals surface area contributed by atoms with E-state index in [0.717, 1.165) is 40.6 Å². The van der Waals surface area contributed by atoms with Gasteiger partial charge in [-0.2, -0.15) is 0 Å². The quantitative estimate of drug-likeness (QED) is 0.596. The van der Waals surface area contributed by atoms with E-state index in [1.807, 2.05) is 19.9 Å². The van der Waals surface area contributed by atoms with Crippen LogP contribution in [0.4, 0.5) is 13.2 Å². The van der Waals surface area contributed by atoms with Crippen molar-refractivity contribution in [2.24, 2.45) is 5.92 Å². The molecule has 6 heteroatoms. The van der Waals surface area contributed by atoms with Crippen molar-refractivity contribution in [3.63, 3.8) is 0 Å². The van der Waals surface area contributed by atoms with Crippen LogP contribution in [0.25, 0.3) is 10.9 Å². The number of rotatable bonds is 5. The molecule has 1 amide bonds. The number of carbonyl (C=O) groups excluding carboxylic acids is 1. The maximum Gasteiger partial charge on any atom is 0.263 e. The Morgan fingerprint density at radius 1 is 1.20 bits per heavy atom. The summed E-state index contributed by atoms with van der Waals surface area (Å²) in [4.78, 5) is 12.2. The lowest BCUT2D eigenvalue weighted by Gasteiger charge is -2.26. The molecular formula is C24H25F3N2O. The van der Waals surface area contributed by atoms with Gasteiger partial charge in [0.1, 0.15) is 5.82 Å². The summed E-state index contributed by atoms with van der Waals surface area (Å²) in [6.45, 7) is 4.17. The Hall–Kier alpha value is -2.76. The van der Waals surface area contributed by atoms with Gasteiger partial charge < -0.3 is 9.88 Å². The average Bonchev–Trinajstić information content (AvgIpc) is 3.00. The number of benzene rings is 2. The highest BCUT2D eigenvalue weighted by molar-refractivity contribution is 5.87. The molecule has 158 valence electrons. The van der Waals surface area contributed by atoms with Crippen LogP contribution in [0.1, 0.15) is 49.1 Å². The van der Waals surface area contributed by atoms with Gasteiger partial charge >= 0.3 is 0 Å². The molecule has 2 aromatic carbocycles. The monoisotopic (exact) mass is 414 g/mol. The van der Waals surface area contributed by atoms with Crippen molar-refractivity contribution in [3.05, 3.63) is 70.7 Å². The molecular weight excluding hydrogens is 389 g/mol. The average molecular weight is 414 g/mol. The summed E-state index contributed by atoms with van der Waals surface area (Å²) < 4.78 is 42.5. The number of nitrogens with one attached hydrogen (secondary N) is 1. The van der Waals surface area contributed by atoms with Crippen LogP contribution in [0.5, 0.6) is 0 Å². The van der Waals surface area contributed by atoms with Crippen LogP contribution >= 0.6 is 0 Å². The third-order valence-electron chi connectivity index (χ3n) is 5.84. The van der Waals surface area contributed by atoms with Crippen LogP contribution in [0.3, 0.4) is 0 Å². The van der Waals surface area contributed by atoms with Crippen LogP contribution in [-0.4, -0.2) is 16.5 Å². The molecule has 1 atom stereocenters. The predicted molar refractivity (Wildman–Crippen MR) is 111 cm³/mol. The van der Waals surface area contributed by atoms with Gasteiger partial charge in [0.05, 0.1) is 0 Å². The predicted octanol–water partition coefficient (Wildman–Crippen LogP) is 5.40. The van der Waals surface area contributed by atoms with E-state index in [1.54, 1.807) is 18.2 Å². The fourth-order valence-corrected chi connectivity index (χ4v) is 4.29. The Morgan fingerprint density at radius 3 is 2.70 bits per heavy atom. The summed E-state index contributed by atoms with van der Waals surface area (Å²) in [6.07, 6.45) is -0.428. The van der Waals surface area contributed by atoms with Crippen molar-refractivity contribution < 1.29 is 18.0 Å². The van der Waals surface area contributed by atoms with E-state index in [-0.39, 0.29) is 29.2 Å². The van der Waals surface area contributed by atoms with Gasteiger partial charge in [-0.05, 0) is 54.7 Å². The highest BCUT2D eigenvalue weighted by Gasteiger charge is 2.27. The Kier molecular flexibility index (Phi) is 5.58. The number of hydrogen-bond donors (Lipinski definition) is 1. The fourth-order valence-electron chi connectivity index (χ4n) is 4.29. The molecule has 30 heavy (non-hydrogen) atoms.